The molecule has 1 heterocycles. The van der Waals surface area contributed by atoms with E-state index in [1.54, 1.807) is 0 Å². The van der Waals surface area contributed by atoms with E-state index in [1.165, 1.54) is 19.2 Å². The number of hydrogen-bond donors (Lipinski definition) is 2. The second-order valence-electron chi connectivity index (χ2n) is 4.21. The van der Waals surface area contributed by atoms with Crippen LogP contribution in [0.2, 0.25) is 5.02 Å². The van der Waals surface area contributed by atoms with Crippen LogP contribution in [0, 0.1) is 0 Å². The zero-order chi connectivity index (χ0) is 12.3. The van der Waals surface area contributed by atoms with Gasteiger partial charge in [-0.05, 0) is 19.4 Å². The van der Waals surface area contributed by atoms with Gasteiger partial charge in [-0.2, -0.15) is 0 Å². The van der Waals surface area contributed by atoms with E-state index in [-0.39, 0.29) is 0 Å². The lowest BCUT2D eigenvalue weighted by atomic mass is 10.4. The van der Waals surface area contributed by atoms with E-state index in [1.807, 2.05) is 0 Å². The molecule has 1 aromatic rings. The van der Waals surface area contributed by atoms with Crippen LogP contribution in [0.25, 0.3) is 0 Å². The SMILES string of the molecule is CCN(CCNc1ncnc(N)c1Cl)C1CC1. The second kappa shape index (κ2) is 5.51. The Balaban J connectivity index is 1.83. The lowest BCUT2D eigenvalue weighted by Gasteiger charge is -2.20. The molecule has 3 N–H and O–H groups in total. The molecule has 0 unspecified atom stereocenters. The second-order valence-corrected chi connectivity index (χ2v) is 4.59. The minimum Gasteiger partial charge on any atom is -0.382 e. The normalized spacial score (nSPS) is 15.2. The van der Waals surface area contributed by atoms with Crippen molar-refractivity contribution in [1.82, 2.24) is 14.9 Å². The summed E-state index contributed by atoms with van der Waals surface area (Å²) in [5, 5.41) is 3.60. The smallest absolute Gasteiger partial charge is 0.150 e. The Hall–Kier alpha value is -1.07. The van der Waals surface area contributed by atoms with Crippen LogP contribution in [0.4, 0.5) is 11.6 Å². The molecule has 5 nitrogen and oxygen atoms in total. The number of aromatic nitrogens is 2. The number of nitrogens with zero attached hydrogens (tertiary/aromatic N) is 3. The maximum atomic E-state index is 5.99. The first-order valence-corrected chi connectivity index (χ1v) is 6.34. The van der Waals surface area contributed by atoms with E-state index in [9.17, 15) is 0 Å². The van der Waals surface area contributed by atoms with Crippen molar-refractivity contribution in [2.45, 2.75) is 25.8 Å². The molecule has 0 spiro atoms. The van der Waals surface area contributed by atoms with E-state index in [0.717, 1.165) is 25.7 Å². The molecule has 6 heteroatoms. The Bertz CT molecular complexity index is 380. The molecule has 0 aliphatic heterocycles. The van der Waals surface area contributed by atoms with E-state index in [4.69, 9.17) is 17.3 Å². The van der Waals surface area contributed by atoms with Crippen molar-refractivity contribution in [3.8, 4) is 0 Å². The average molecular weight is 256 g/mol. The zero-order valence-electron chi connectivity index (χ0n) is 9.99. The third-order valence-electron chi connectivity index (χ3n) is 2.98. The number of rotatable bonds is 6. The molecule has 0 atom stereocenters. The first-order valence-electron chi connectivity index (χ1n) is 5.96. The van der Waals surface area contributed by atoms with Gasteiger partial charge in [0, 0.05) is 19.1 Å². The van der Waals surface area contributed by atoms with Gasteiger partial charge in [-0.25, -0.2) is 9.97 Å². The molecule has 17 heavy (non-hydrogen) atoms. The predicted octanol–water partition coefficient (Wildman–Crippen LogP) is 1.61. The van der Waals surface area contributed by atoms with Crippen molar-refractivity contribution in [2.24, 2.45) is 0 Å². The molecule has 1 aliphatic rings. The fourth-order valence-electron chi connectivity index (χ4n) is 1.86. The van der Waals surface area contributed by atoms with Crippen molar-refractivity contribution in [1.29, 1.82) is 0 Å². The number of halogens is 1. The predicted molar refractivity (Wildman–Crippen MR) is 70.2 cm³/mol. The van der Waals surface area contributed by atoms with Crippen molar-refractivity contribution in [3.05, 3.63) is 11.3 Å². The monoisotopic (exact) mass is 255 g/mol. The molecule has 0 bridgehead atoms. The molecule has 94 valence electrons. The fourth-order valence-corrected chi connectivity index (χ4v) is 2.03. The first-order chi connectivity index (χ1) is 8.22. The molecular weight excluding hydrogens is 238 g/mol. The van der Waals surface area contributed by atoms with Crippen LogP contribution >= 0.6 is 11.6 Å². The Morgan fingerprint density at radius 2 is 2.29 bits per heavy atom. The van der Waals surface area contributed by atoms with E-state index < -0.39 is 0 Å². The minimum atomic E-state index is 0.318. The van der Waals surface area contributed by atoms with E-state index in [2.05, 4.69) is 27.1 Å². The Morgan fingerprint density at radius 3 is 2.94 bits per heavy atom. The van der Waals surface area contributed by atoms with E-state index >= 15 is 0 Å². The van der Waals surface area contributed by atoms with Gasteiger partial charge in [0.2, 0.25) is 0 Å². The third kappa shape index (κ3) is 3.20. The topological polar surface area (TPSA) is 67.1 Å². The minimum absolute atomic E-state index is 0.318. The number of likely N-dealkylation sites (N-methyl/N-ethyl adjacent to an activating group) is 1. The zero-order valence-corrected chi connectivity index (χ0v) is 10.7. The third-order valence-corrected chi connectivity index (χ3v) is 3.35. The van der Waals surface area contributed by atoms with Gasteiger partial charge in [0.25, 0.3) is 0 Å². The fraction of sp³-hybridized carbons (Fsp3) is 0.636. The van der Waals surface area contributed by atoms with Crippen LogP contribution in [-0.2, 0) is 0 Å². The van der Waals surface area contributed by atoms with Gasteiger partial charge in [-0.15, -0.1) is 0 Å². The number of nitrogen functional groups attached to an aromatic ring is 1. The molecule has 0 aromatic carbocycles. The Morgan fingerprint density at radius 1 is 1.53 bits per heavy atom. The summed E-state index contributed by atoms with van der Waals surface area (Å²) in [7, 11) is 0. The Labute approximate surface area is 106 Å². The van der Waals surface area contributed by atoms with Crippen LogP contribution in [0.3, 0.4) is 0 Å². The van der Waals surface area contributed by atoms with Gasteiger partial charge >= 0.3 is 0 Å². The number of hydrogen-bond acceptors (Lipinski definition) is 5. The summed E-state index contributed by atoms with van der Waals surface area (Å²) in [6.07, 6.45) is 4.08. The summed E-state index contributed by atoms with van der Waals surface area (Å²) in [5.74, 6) is 0.935. The van der Waals surface area contributed by atoms with Gasteiger partial charge in [0.1, 0.15) is 23.0 Å². The van der Waals surface area contributed by atoms with Gasteiger partial charge in [-0.3, -0.25) is 4.90 Å². The molecule has 2 rings (SSSR count). The summed E-state index contributed by atoms with van der Waals surface area (Å²) >= 11 is 5.99. The van der Waals surface area contributed by atoms with Gasteiger partial charge in [0.15, 0.2) is 0 Å². The molecule has 0 radical (unpaired) electrons. The Kier molecular flexibility index (Phi) is 4.02. The average Bonchev–Trinajstić information content (AvgIpc) is 3.14. The quantitative estimate of drug-likeness (QED) is 0.808. The molecule has 1 aromatic heterocycles. The molecule has 1 aliphatic carbocycles. The molecule has 0 saturated heterocycles. The lowest BCUT2D eigenvalue weighted by Crippen LogP contribution is -2.31. The van der Waals surface area contributed by atoms with E-state index in [0.29, 0.717) is 16.7 Å². The molecule has 1 saturated carbocycles. The highest BCUT2D eigenvalue weighted by molar-refractivity contribution is 6.35. The maximum Gasteiger partial charge on any atom is 0.150 e. The first kappa shape index (κ1) is 12.4. The number of nitrogens with one attached hydrogen (secondary N) is 1. The van der Waals surface area contributed by atoms with Crippen LogP contribution in [0.15, 0.2) is 6.33 Å². The van der Waals surface area contributed by atoms with Crippen molar-refractivity contribution in [3.63, 3.8) is 0 Å². The van der Waals surface area contributed by atoms with Crippen LogP contribution in [0.1, 0.15) is 19.8 Å². The standard InChI is InChI=1S/C11H18ClN5/c1-2-17(8-3-4-8)6-5-14-11-9(12)10(13)15-7-16-11/h7-8H,2-6H2,1H3,(H3,13,14,15,16). The number of anilines is 2. The van der Waals surface area contributed by atoms with Gasteiger partial charge in [0.05, 0.1) is 0 Å². The van der Waals surface area contributed by atoms with Crippen LogP contribution in [0.5, 0.6) is 0 Å². The van der Waals surface area contributed by atoms with Crippen molar-refractivity contribution in [2.75, 3.05) is 30.7 Å². The highest BCUT2D eigenvalue weighted by Gasteiger charge is 2.27. The molecule has 0 amide bonds. The van der Waals surface area contributed by atoms with Crippen molar-refractivity contribution < 1.29 is 0 Å². The maximum absolute atomic E-state index is 5.99. The highest BCUT2D eigenvalue weighted by Crippen LogP contribution is 2.26. The molecule has 1 fully saturated rings. The highest BCUT2D eigenvalue weighted by atomic mass is 35.5. The van der Waals surface area contributed by atoms with Crippen LogP contribution < -0.4 is 11.1 Å². The van der Waals surface area contributed by atoms with Gasteiger partial charge < -0.3 is 11.1 Å². The van der Waals surface area contributed by atoms with Crippen LogP contribution in [-0.4, -0.2) is 40.5 Å². The van der Waals surface area contributed by atoms with Crippen molar-refractivity contribution >= 4 is 23.2 Å². The lowest BCUT2D eigenvalue weighted by molar-refractivity contribution is 0.289. The number of nitrogens with two attached hydrogens (primary N) is 1. The summed E-state index contributed by atoms with van der Waals surface area (Å²) in [6.45, 7) is 5.10. The van der Waals surface area contributed by atoms with Gasteiger partial charge in [-0.1, -0.05) is 18.5 Å². The largest absolute Gasteiger partial charge is 0.382 e. The summed E-state index contributed by atoms with van der Waals surface area (Å²) in [6, 6.07) is 0.785. The summed E-state index contributed by atoms with van der Waals surface area (Å²) < 4.78 is 0. The summed E-state index contributed by atoms with van der Waals surface area (Å²) in [4.78, 5) is 10.4. The summed E-state index contributed by atoms with van der Waals surface area (Å²) in [5.41, 5.74) is 5.60. The molecular formula is C11H18ClN5.